The van der Waals surface area contributed by atoms with Crippen molar-refractivity contribution in [1.82, 2.24) is 4.98 Å². The number of benzene rings is 2. The molecule has 0 spiro atoms. The molecule has 1 unspecified atom stereocenters. The highest BCUT2D eigenvalue weighted by molar-refractivity contribution is 7.14. The van der Waals surface area contributed by atoms with Gasteiger partial charge in [0.2, 0.25) is 0 Å². The van der Waals surface area contributed by atoms with Crippen LogP contribution < -0.4 is 5.32 Å². The van der Waals surface area contributed by atoms with Gasteiger partial charge in [0.05, 0.1) is 11.8 Å². The summed E-state index contributed by atoms with van der Waals surface area (Å²) < 4.78 is 5.66. The molecule has 2 aliphatic rings. The molecule has 4 heteroatoms. The van der Waals surface area contributed by atoms with Crippen molar-refractivity contribution < 1.29 is 4.74 Å². The van der Waals surface area contributed by atoms with Gasteiger partial charge in [0.1, 0.15) is 0 Å². The van der Waals surface area contributed by atoms with Gasteiger partial charge in [0, 0.05) is 24.1 Å². The molecule has 0 saturated carbocycles. The number of aromatic nitrogens is 1. The molecule has 1 aromatic heterocycles. The van der Waals surface area contributed by atoms with Crippen molar-refractivity contribution in [2.24, 2.45) is 0 Å². The van der Waals surface area contributed by atoms with Crippen LogP contribution in [-0.4, -0.2) is 24.2 Å². The summed E-state index contributed by atoms with van der Waals surface area (Å²) in [5.41, 5.74) is 7.80. The number of ether oxygens (including phenoxy) is 1. The Labute approximate surface area is 151 Å². The predicted octanol–water partition coefficient (Wildman–Crippen LogP) is 4.97. The topological polar surface area (TPSA) is 34.1 Å². The Kier molecular flexibility index (Phi) is 3.80. The maximum Gasteiger partial charge on any atom is 0.183 e. The van der Waals surface area contributed by atoms with E-state index in [1.165, 1.54) is 34.2 Å². The van der Waals surface area contributed by atoms with E-state index in [0.29, 0.717) is 6.10 Å². The standard InChI is InChI=1S/C21H20N2OS/c1-2-6-18-14(4-1)10-15-7-8-16(11-19(15)18)20-13-25-21(23-20)22-12-17-5-3-9-24-17/h1-2,4,6-8,11,13,17H,3,5,9-10,12H2,(H,22,23). The van der Waals surface area contributed by atoms with E-state index in [0.717, 1.165) is 36.8 Å². The molecule has 25 heavy (non-hydrogen) atoms. The first kappa shape index (κ1) is 15.1. The van der Waals surface area contributed by atoms with Crippen molar-refractivity contribution in [2.75, 3.05) is 18.5 Å². The van der Waals surface area contributed by atoms with Gasteiger partial charge in [-0.3, -0.25) is 0 Å². The number of fused-ring (bicyclic) bond motifs is 3. The molecule has 1 aliphatic carbocycles. The van der Waals surface area contributed by atoms with E-state index in [1.54, 1.807) is 11.3 Å². The van der Waals surface area contributed by atoms with Crippen molar-refractivity contribution in [3.63, 3.8) is 0 Å². The monoisotopic (exact) mass is 348 g/mol. The lowest BCUT2D eigenvalue weighted by molar-refractivity contribution is 0.120. The van der Waals surface area contributed by atoms with E-state index < -0.39 is 0 Å². The molecule has 0 radical (unpaired) electrons. The molecule has 5 rings (SSSR count). The fourth-order valence-electron chi connectivity index (χ4n) is 3.78. The van der Waals surface area contributed by atoms with Crippen molar-refractivity contribution >= 4 is 16.5 Å². The van der Waals surface area contributed by atoms with E-state index in [-0.39, 0.29) is 0 Å². The van der Waals surface area contributed by atoms with E-state index >= 15 is 0 Å². The van der Waals surface area contributed by atoms with E-state index in [2.05, 4.69) is 53.2 Å². The number of nitrogens with zero attached hydrogens (tertiary/aromatic N) is 1. The molecule has 3 nitrogen and oxygen atoms in total. The Hall–Kier alpha value is -2.17. The van der Waals surface area contributed by atoms with Gasteiger partial charge < -0.3 is 10.1 Å². The second-order valence-corrected chi connectivity index (χ2v) is 7.62. The lowest BCUT2D eigenvalue weighted by Gasteiger charge is -2.09. The second-order valence-electron chi connectivity index (χ2n) is 6.76. The van der Waals surface area contributed by atoms with Crippen LogP contribution in [0.25, 0.3) is 22.4 Å². The van der Waals surface area contributed by atoms with Gasteiger partial charge >= 0.3 is 0 Å². The smallest absolute Gasteiger partial charge is 0.183 e. The summed E-state index contributed by atoms with van der Waals surface area (Å²) in [6.07, 6.45) is 3.70. The average Bonchev–Trinajstić information content (AvgIpc) is 3.38. The molecule has 126 valence electrons. The Morgan fingerprint density at radius 1 is 1.12 bits per heavy atom. The third kappa shape index (κ3) is 2.86. The molecule has 3 aromatic rings. The number of thiazole rings is 1. The van der Waals surface area contributed by atoms with Gasteiger partial charge in [-0.25, -0.2) is 4.98 Å². The fraction of sp³-hybridized carbons (Fsp3) is 0.286. The second kappa shape index (κ2) is 6.28. The van der Waals surface area contributed by atoms with Crippen molar-refractivity contribution in [3.05, 3.63) is 59.0 Å². The maximum absolute atomic E-state index is 5.66. The van der Waals surface area contributed by atoms with Gasteiger partial charge in [0.25, 0.3) is 0 Å². The molecular formula is C21H20N2OS. The Bertz CT molecular complexity index is 912. The first-order valence-corrected chi connectivity index (χ1v) is 9.77. The van der Waals surface area contributed by atoms with Crippen LogP contribution in [0.15, 0.2) is 47.8 Å². The molecule has 2 heterocycles. The van der Waals surface area contributed by atoms with Gasteiger partial charge in [0.15, 0.2) is 5.13 Å². The summed E-state index contributed by atoms with van der Waals surface area (Å²) in [6.45, 7) is 1.75. The van der Waals surface area contributed by atoms with Crippen molar-refractivity contribution in [1.29, 1.82) is 0 Å². The zero-order valence-electron chi connectivity index (χ0n) is 14.0. The first-order valence-electron chi connectivity index (χ1n) is 8.89. The summed E-state index contributed by atoms with van der Waals surface area (Å²) >= 11 is 1.67. The minimum atomic E-state index is 0.337. The molecule has 2 aromatic carbocycles. The quantitative estimate of drug-likeness (QED) is 0.565. The van der Waals surface area contributed by atoms with Crippen LogP contribution in [0.3, 0.4) is 0 Å². The van der Waals surface area contributed by atoms with E-state index in [1.807, 2.05) is 0 Å². The normalized spacial score (nSPS) is 18.2. The zero-order valence-corrected chi connectivity index (χ0v) is 14.8. The minimum absolute atomic E-state index is 0.337. The Morgan fingerprint density at radius 2 is 2.04 bits per heavy atom. The molecule has 1 saturated heterocycles. The van der Waals surface area contributed by atoms with Gasteiger partial charge in [-0.15, -0.1) is 11.3 Å². The van der Waals surface area contributed by atoms with Crippen LogP contribution in [0.5, 0.6) is 0 Å². The van der Waals surface area contributed by atoms with E-state index in [4.69, 9.17) is 9.72 Å². The fourth-order valence-corrected chi connectivity index (χ4v) is 4.51. The average molecular weight is 348 g/mol. The summed E-state index contributed by atoms with van der Waals surface area (Å²) in [7, 11) is 0. The van der Waals surface area contributed by atoms with Crippen LogP contribution in [-0.2, 0) is 11.2 Å². The minimum Gasteiger partial charge on any atom is -0.376 e. The van der Waals surface area contributed by atoms with Crippen LogP contribution >= 0.6 is 11.3 Å². The molecule has 0 amide bonds. The maximum atomic E-state index is 5.66. The highest BCUT2D eigenvalue weighted by Crippen LogP contribution is 2.39. The molecule has 1 atom stereocenters. The number of anilines is 1. The highest BCUT2D eigenvalue weighted by Gasteiger charge is 2.19. The first-order chi connectivity index (χ1) is 12.4. The van der Waals surface area contributed by atoms with Crippen molar-refractivity contribution in [2.45, 2.75) is 25.4 Å². The summed E-state index contributed by atoms with van der Waals surface area (Å²) in [5, 5.41) is 6.54. The van der Waals surface area contributed by atoms with E-state index in [9.17, 15) is 0 Å². The van der Waals surface area contributed by atoms with Crippen LogP contribution in [0.2, 0.25) is 0 Å². The lowest BCUT2D eigenvalue weighted by atomic mass is 10.0. The molecule has 1 fully saturated rings. The molecule has 1 N–H and O–H groups in total. The molecular weight excluding hydrogens is 328 g/mol. The zero-order chi connectivity index (χ0) is 16.6. The van der Waals surface area contributed by atoms with Crippen molar-refractivity contribution in [3.8, 4) is 22.4 Å². The molecule has 0 bridgehead atoms. The Morgan fingerprint density at radius 3 is 2.96 bits per heavy atom. The number of hydrogen-bond acceptors (Lipinski definition) is 4. The van der Waals surface area contributed by atoms with Crippen LogP contribution in [0.4, 0.5) is 5.13 Å². The number of nitrogens with one attached hydrogen (secondary N) is 1. The van der Waals surface area contributed by atoms with Gasteiger partial charge in [-0.05, 0) is 47.6 Å². The van der Waals surface area contributed by atoms with Crippen LogP contribution in [0.1, 0.15) is 24.0 Å². The Balaban J connectivity index is 1.38. The third-order valence-electron chi connectivity index (χ3n) is 5.10. The largest absolute Gasteiger partial charge is 0.376 e. The van der Waals surface area contributed by atoms with Crippen LogP contribution in [0, 0.1) is 0 Å². The summed E-state index contributed by atoms with van der Waals surface area (Å²) in [4.78, 5) is 4.77. The SMILES string of the molecule is c1ccc2c(c1)Cc1ccc(-c3csc(NCC4CCCO4)n3)cc1-2. The molecule has 1 aliphatic heterocycles. The highest BCUT2D eigenvalue weighted by atomic mass is 32.1. The summed E-state index contributed by atoms with van der Waals surface area (Å²) in [6, 6.07) is 15.4. The lowest BCUT2D eigenvalue weighted by Crippen LogP contribution is -2.18. The van der Waals surface area contributed by atoms with Gasteiger partial charge in [-0.2, -0.15) is 0 Å². The summed E-state index contributed by atoms with van der Waals surface area (Å²) in [5.74, 6) is 0. The number of hydrogen-bond donors (Lipinski definition) is 1. The predicted molar refractivity (Wildman–Crippen MR) is 103 cm³/mol. The third-order valence-corrected chi connectivity index (χ3v) is 5.90. The van der Waals surface area contributed by atoms with Gasteiger partial charge in [-0.1, -0.05) is 36.4 Å². The number of rotatable bonds is 4.